The zero-order chi connectivity index (χ0) is 20.6. The van der Waals surface area contributed by atoms with Crippen molar-refractivity contribution in [3.8, 4) is 0 Å². The van der Waals surface area contributed by atoms with Gasteiger partial charge in [-0.2, -0.15) is 0 Å². The average molecular weight is 400 g/mol. The second-order valence-electron chi connectivity index (χ2n) is 9.42. The van der Waals surface area contributed by atoms with Crippen LogP contribution < -0.4 is 5.32 Å². The first-order valence-electron chi connectivity index (χ1n) is 10.7. The van der Waals surface area contributed by atoms with Gasteiger partial charge in [0.25, 0.3) is 0 Å². The fraction of sp³-hybridized carbons (Fsp3) is 0.609. The van der Waals surface area contributed by atoms with Crippen molar-refractivity contribution < 1.29 is 14.6 Å². The Labute approximate surface area is 172 Å². The van der Waals surface area contributed by atoms with Gasteiger partial charge in [0, 0.05) is 43.7 Å². The van der Waals surface area contributed by atoms with Gasteiger partial charge in [-0.05, 0) is 42.8 Å². The summed E-state index contributed by atoms with van der Waals surface area (Å²) in [6.45, 7) is 8.74. The summed E-state index contributed by atoms with van der Waals surface area (Å²) >= 11 is 0. The molecule has 2 saturated heterocycles. The molecule has 1 amide bonds. The maximum absolute atomic E-state index is 12.1. The van der Waals surface area contributed by atoms with Crippen LogP contribution in [0.25, 0.3) is 10.9 Å². The number of piperidine rings is 1. The van der Waals surface area contributed by atoms with Gasteiger partial charge in [0.15, 0.2) is 0 Å². The molecule has 2 aromatic rings. The number of hydrogen-bond acceptors (Lipinski definition) is 4. The fourth-order valence-corrected chi connectivity index (χ4v) is 4.69. The van der Waals surface area contributed by atoms with E-state index in [0.717, 1.165) is 32.5 Å². The van der Waals surface area contributed by atoms with Gasteiger partial charge in [0.1, 0.15) is 0 Å². The number of nitrogens with one attached hydrogen (secondary N) is 2. The lowest BCUT2D eigenvalue weighted by molar-refractivity contribution is -0.190. The van der Waals surface area contributed by atoms with Crippen molar-refractivity contribution in [1.29, 1.82) is 0 Å². The van der Waals surface area contributed by atoms with E-state index >= 15 is 0 Å². The molecule has 0 radical (unpaired) electrons. The van der Waals surface area contributed by atoms with Gasteiger partial charge in [-0.15, -0.1) is 0 Å². The van der Waals surface area contributed by atoms with Crippen molar-refractivity contribution in [2.45, 2.75) is 63.8 Å². The molecule has 2 aliphatic heterocycles. The molecule has 1 aromatic heterocycles. The van der Waals surface area contributed by atoms with Crippen LogP contribution in [0.2, 0.25) is 0 Å². The van der Waals surface area contributed by atoms with Crippen molar-refractivity contribution in [3.05, 3.63) is 36.0 Å². The minimum Gasteiger partial charge on any atom is -0.388 e. The van der Waals surface area contributed by atoms with Crippen LogP contribution in [0.5, 0.6) is 0 Å². The normalized spacial score (nSPS) is 27.6. The molecule has 29 heavy (non-hydrogen) atoms. The van der Waals surface area contributed by atoms with Crippen LogP contribution in [-0.2, 0) is 16.1 Å². The molecule has 4 rings (SSSR count). The summed E-state index contributed by atoms with van der Waals surface area (Å²) in [7, 11) is 0. The largest absolute Gasteiger partial charge is 0.388 e. The SMILES string of the molecule is CC(C)C(=O)N[C@H]1COC2(CCN(Cc3ccc4cc[nH]c4c3)CC2)C[C@]1(C)O. The predicted molar refractivity (Wildman–Crippen MR) is 114 cm³/mol. The fourth-order valence-electron chi connectivity index (χ4n) is 4.69. The third kappa shape index (κ3) is 4.34. The minimum absolute atomic E-state index is 0.0383. The first kappa shape index (κ1) is 20.4. The maximum atomic E-state index is 12.1. The monoisotopic (exact) mass is 399 g/mol. The van der Waals surface area contributed by atoms with Crippen molar-refractivity contribution in [3.63, 3.8) is 0 Å². The van der Waals surface area contributed by atoms with Gasteiger partial charge < -0.3 is 20.1 Å². The summed E-state index contributed by atoms with van der Waals surface area (Å²) in [6, 6.07) is 8.33. The molecule has 2 aliphatic rings. The Morgan fingerprint density at radius 2 is 2.10 bits per heavy atom. The van der Waals surface area contributed by atoms with E-state index in [2.05, 4.69) is 39.5 Å². The highest BCUT2D eigenvalue weighted by Gasteiger charge is 2.49. The number of carbonyl (C=O) groups excluding carboxylic acids is 1. The topological polar surface area (TPSA) is 77.6 Å². The van der Waals surface area contributed by atoms with E-state index in [1.807, 2.05) is 27.0 Å². The van der Waals surface area contributed by atoms with Crippen molar-refractivity contribution in [2.75, 3.05) is 19.7 Å². The molecule has 0 unspecified atom stereocenters. The number of fused-ring (bicyclic) bond motifs is 1. The molecule has 0 saturated carbocycles. The van der Waals surface area contributed by atoms with Gasteiger partial charge in [-0.25, -0.2) is 0 Å². The Morgan fingerprint density at radius 1 is 1.34 bits per heavy atom. The van der Waals surface area contributed by atoms with Gasteiger partial charge in [0.05, 0.1) is 23.9 Å². The van der Waals surface area contributed by atoms with Crippen LogP contribution in [0.3, 0.4) is 0 Å². The van der Waals surface area contributed by atoms with E-state index in [1.165, 1.54) is 16.5 Å². The number of ether oxygens (including phenoxy) is 1. The van der Waals surface area contributed by atoms with Gasteiger partial charge >= 0.3 is 0 Å². The summed E-state index contributed by atoms with van der Waals surface area (Å²) in [5.74, 6) is -0.140. The summed E-state index contributed by atoms with van der Waals surface area (Å²) in [5, 5.41) is 15.2. The Kier molecular flexibility index (Phi) is 5.44. The van der Waals surface area contributed by atoms with Crippen LogP contribution in [0, 0.1) is 5.92 Å². The van der Waals surface area contributed by atoms with E-state index in [9.17, 15) is 9.90 Å². The molecule has 1 spiro atoms. The second-order valence-corrected chi connectivity index (χ2v) is 9.42. The smallest absolute Gasteiger partial charge is 0.222 e. The lowest BCUT2D eigenvalue weighted by Crippen LogP contribution is -2.64. The number of likely N-dealkylation sites (tertiary alicyclic amines) is 1. The second kappa shape index (κ2) is 7.74. The number of hydrogen-bond donors (Lipinski definition) is 3. The van der Waals surface area contributed by atoms with Crippen LogP contribution in [0.1, 0.15) is 45.6 Å². The summed E-state index contributed by atoms with van der Waals surface area (Å²) in [6.07, 6.45) is 4.34. The summed E-state index contributed by atoms with van der Waals surface area (Å²) < 4.78 is 6.27. The first-order chi connectivity index (χ1) is 13.8. The number of amides is 1. The average Bonchev–Trinajstić information content (AvgIpc) is 3.13. The summed E-state index contributed by atoms with van der Waals surface area (Å²) in [5.41, 5.74) is 1.24. The molecule has 2 atom stereocenters. The zero-order valence-corrected chi connectivity index (χ0v) is 17.7. The molecule has 0 bridgehead atoms. The van der Waals surface area contributed by atoms with Crippen molar-refractivity contribution in [1.82, 2.24) is 15.2 Å². The number of aromatic amines is 1. The minimum atomic E-state index is -0.955. The van der Waals surface area contributed by atoms with Crippen LogP contribution in [-0.4, -0.2) is 57.8 Å². The molecular formula is C23H33N3O3. The van der Waals surface area contributed by atoms with Crippen LogP contribution in [0.4, 0.5) is 0 Å². The number of benzene rings is 1. The number of aromatic nitrogens is 1. The lowest BCUT2D eigenvalue weighted by atomic mass is 9.75. The van der Waals surface area contributed by atoms with Crippen molar-refractivity contribution in [2.24, 2.45) is 5.92 Å². The Hall–Kier alpha value is -1.89. The Bertz CT molecular complexity index is 865. The van der Waals surface area contributed by atoms with Crippen LogP contribution in [0.15, 0.2) is 30.5 Å². The molecule has 6 nitrogen and oxygen atoms in total. The molecule has 3 N–H and O–H groups in total. The van der Waals surface area contributed by atoms with E-state index < -0.39 is 5.60 Å². The Balaban J connectivity index is 1.34. The number of rotatable bonds is 4. The molecular weight excluding hydrogens is 366 g/mol. The van der Waals surface area contributed by atoms with Gasteiger partial charge in [-0.1, -0.05) is 26.0 Å². The van der Waals surface area contributed by atoms with Crippen molar-refractivity contribution >= 4 is 16.8 Å². The van der Waals surface area contributed by atoms with E-state index in [1.54, 1.807) is 0 Å². The molecule has 6 heteroatoms. The van der Waals surface area contributed by atoms with E-state index in [-0.39, 0.29) is 23.5 Å². The highest BCUT2D eigenvalue weighted by atomic mass is 16.5. The van der Waals surface area contributed by atoms with E-state index in [0.29, 0.717) is 13.0 Å². The van der Waals surface area contributed by atoms with Gasteiger partial charge in [0.2, 0.25) is 5.91 Å². The standard InChI is InChI=1S/C23H33N3O3/c1-16(2)21(27)25-20-14-29-23(15-22(20,3)28)7-10-26(11-8-23)13-17-4-5-18-6-9-24-19(18)12-17/h4-6,9,12,16,20,24,28H,7-8,10-11,13-15H2,1-3H3,(H,25,27)/t20-,22-/m0/s1. The third-order valence-electron chi connectivity index (χ3n) is 6.62. The summed E-state index contributed by atoms with van der Waals surface area (Å²) in [4.78, 5) is 17.8. The highest BCUT2D eigenvalue weighted by molar-refractivity contribution is 5.80. The van der Waals surface area contributed by atoms with E-state index in [4.69, 9.17) is 4.74 Å². The van der Waals surface area contributed by atoms with Crippen LogP contribution >= 0.6 is 0 Å². The number of nitrogens with zero attached hydrogens (tertiary/aromatic N) is 1. The molecule has 1 aromatic carbocycles. The third-order valence-corrected chi connectivity index (χ3v) is 6.62. The molecule has 0 aliphatic carbocycles. The quantitative estimate of drug-likeness (QED) is 0.739. The lowest BCUT2D eigenvalue weighted by Gasteiger charge is -2.51. The number of aliphatic hydroxyl groups is 1. The number of carbonyl (C=O) groups is 1. The zero-order valence-electron chi connectivity index (χ0n) is 17.7. The molecule has 2 fully saturated rings. The van der Waals surface area contributed by atoms with Gasteiger partial charge in [-0.3, -0.25) is 9.69 Å². The predicted octanol–water partition coefficient (Wildman–Crippen LogP) is 2.81. The Morgan fingerprint density at radius 3 is 2.79 bits per heavy atom. The maximum Gasteiger partial charge on any atom is 0.222 e. The highest BCUT2D eigenvalue weighted by Crippen LogP contribution is 2.40. The molecule has 3 heterocycles. The molecule has 158 valence electrons. The first-order valence-corrected chi connectivity index (χ1v) is 10.7. The number of H-pyrrole nitrogens is 1.